The van der Waals surface area contributed by atoms with Crippen LogP contribution in [0.2, 0.25) is 0 Å². The molecule has 0 atom stereocenters. The molecule has 32 heavy (non-hydrogen) atoms. The van der Waals surface area contributed by atoms with Crippen molar-refractivity contribution in [1.82, 2.24) is 0 Å². The monoisotopic (exact) mass is 459 g/mol. The second-order valence-electron chi connectivity index (χ2n) is 8.00. The van der Waals surface area contributed by atoms with Crippen molar-refractivity contribution >= 4 is 33.0 Å². The fourth-order valence-electron chi connectivity index (χ4n) is 3.44. The molecule has 9 heteroatoms. The molecular formula is C23H23F2N3O3S. The standard InChI is InChI=1S/C23H23F2N3O3S/c24-23(25)31-19-8-11-21(22(13-19)27-17-2-1-3-17)16(14-26)12-15-4-6-18(7-5-15)28-32(29,30)20-9-10-20/h4-8,11-13,17,20,23,27-28H,1-3,9-10H2/b16-12+. The predicted molar refractivity (Wildman–Crippen MR) is 120 cm³/mol. The third-order valence-electron chi connectivity index (χ3n) is 5.54. The Labute approximate surface area is 185 Å². The van der Waals surface area contributed by atoms with Crippen molar-refractivity contribution in [2.75, 3.05) is 10.0 Å². The van der Waals surface area contributed by atoms with Crippen molar-refractivity contribution in [3.05, 3.63) is 53.6 Å². The zero-order valence-electron chi connectivity index (χ0n) is 17.2. The maximum absolute atomic E-state index is 12.6. The van der Waals surface area contributed by atoms with Crippen LogP contribution in [-0.2, 0) is 10.0 Å². The zero-order chi connectivity index (χ0) is 22.7. The molecule has 0 bridgehead atoms. The first-order valence-electron chi connectivity index (χ1n) is 10.4. The maximum atomic E-state index is 12.6. The summed E-state index contributed by atoms with van der Waals surface area (Å²) in [6, 6.07) is 13.6. The molecular weight excluding hydrogens is 436 g/mol. The number of hydrogen-bond acceptors (Lipinski definition) is 5. The van der Waals surface area contributed by atoms with E-state index < -0.39 is 16.6 Å². The maximum Gasteiger partial charge on any atom is 0.387 e. The van der Waals surface area contributed by atoms with Crippen LogP contribution >= 0.6 is 0 Å². The summed E-state index contributed by atoms with van der Waals surface area (Å²) in [4.78, 5) is 0. The molecule has 0 amide bonds. The summed E-state index contributed by atoms with van der Waals surface area (Å²) in [5.41, 5.74) is 2.67. The van der Waals surface area contributed by atoms with Crippen LogP contribution < -0.4 is 14.8 Å². The van der Waals surface area contributed by atoms with Crippen LogP contribution in [-0.4, -0.2) is 26.3 Å². The molecule has 2 fully saturated rings. The fourth-order valence-corrected chi connectivity index (χ4v) is 4.82. The van der Waals surface area contributed by atoms with Gasteiger partial charge in [-0.1, -0.05) is 12.1 Å². The van der Waals surface area contributed by atoms with Gasteiger partial charge in [0.05, 0.1) is 16.9 Å². The van der Waals surface area contributed by atoms with Gasteiger partial charge in [-0.05, 0) is 68.0 Å². The SMILES string of the molecule is N#C/C(=C\c1ccc(NS(=O)(=O)C2CC2)cc1)c1ccc(OC(F)F)cc1NC1CCC1. The lowest BCUT2D eigenvalue weighted by atomic mass is 9.92. The summed E-state index contributed by atoms with van der Waals surface area (Å²) in [5.74, 6) is 0.0233. The lowest BCUT2D eigenvalue weighted by Gasteiger charge is -2.28. The number of hydrogen-bond donors (Lipinski definition) is 2. The van der Waals surface area contributed by atoms with E-state index in [-0.39, 0.29) is 17.0 Å². The van der Waals surface area contributed by atoms with E-state index in [1.165, 1.54) is 12.1 Å². The number of rotatable bonds is 9. The normalized spacial score (nSPS) is 16.9. The average molecular weight is 460 g/mol. The number of alkyl halides is 2. The van der Waals surface area contributed by atoms with Crippen LogP contribution in [0.4, 0.5) is 20.2 Å². The number of nitrogens with one attached hydrogen (secondary N) is 2. The Morgan fingerprint density at radius 1 is 1.12 bits per heavy atom. The van der Waals surface area contributed by atoms with Crippen LogP contribution in [0.3, 0.4) is 0 Å². The van der Waals surface area contributed by atoms with Gasteiger partial charge in [0, 0.05) is 29.0 Å². The Morgan fingerprint density at radius 2 is 1.84 bits per heavy atom. The van der Waals surface area contributed by atoms with E-state index in [0.29, 0.717) is 40.9 Å². The second kappa shape index (κ2) is 9.17. The lowest BCUT2D eigenvalue weighted by Crippen LogP contribution is -2.27. The molecule has 2 N–H and O–H groups in total. The molecule has 0 spiro atoms. The van der Waals surface area contributed by atoms with E-state index in [1.807, 2.05) is 0 Å². The Balaban J connectivity index is 1.58. The highest BCUT2D eigenvalue weighted by molar-refractivity contribution is 7.93. The minimum atomic E-state index is -3.34. The van der Waals surface area contributed by atoms with Gasteiger partial charge in [-0.25, -0.2) is 8.42 Å². The van der Waals surface area contributed by atoms with Gasteiger partial charge in [0.25, 0.3) is 0 Å². The van der Waals surface area contributed by atoms with Gasteiger partial charge in [-0.15, -0.1) is 0 Å². The number of sulfonamides is 1. The lowest BCUT2D eigenvalue weighted by molar-refractivity contribution is -0.0498. The van der Waals surface area contributed by atoms with Gasteiger partial charge in [-0.3, -0.25) is 4.72 Å². The quantitative estimate of drug-likeness (QED) is 0.396. The van der Waals surface area contributed by atoms with Crippen molar-refractivity contribution in [3.8, 4) is 11.8 Å². The van der Waals surface area contributed by atoms with Crippen LogP contribution in [0.1, 0.15) is 43.2 Å². The van der Waals surface area contributed by atoms with E-state index in [2.05, 4.69) is 20.8 Å². The number of nitrogens with zero attached hydrogens (tertiary/aromatic N) is 1. The van der Waals surface area contributed by atoms with E-state index >= 15 is 0 Å². The molecule has 0 aromatic heterocycles. The predicted octanol–water partition coefficient (Wildman–Crippen LogP) is 5.22. The number of nitriles is 1. The van der Waals surface area contributed by atoms with Crippen molar-refractivity contribution in [1.29, 1.82) is 5.26 Å². The van der Waals surface area contributed by atoms with Gasteiger partial charge >= 0.3 is 6.61 Å². The molecule has 0 unspecified atom stereocenters. The summed E-state index contributed by atoms with van der Waals surface area (Å²) in [6.45, 7) is -2.93. The number of anilines is 2. The van der Waals surface area contributed by atoms with Gasteiger partial charge in [0.15, 0.2) is 0 Å². The molecule has 0 aliphatic heterocycles. The van der Waals surface area contributed by atoms with E-state index in [0.717, 1.165) is 19.3 Å². The molecule has 0 radical (unpaired) electrons. The highest BCUT2D eigenvalue weighted by Crippen LogP contribution is 2.34. The Kier molecular flexibility index (Phi) is 6.33. The molecule has 0 saturated heterocycles. The van der Waals surface area contributed by atoms with E-state index in [9.17, 15) is 22.5 Å². The molecule has 6 nitrogen and oxygen atoms in total. The summed E-state index contributed by atoms with van der Waals surface area (Å²) in [5, 5.41) is 12.8. The van der Waals surface area contributed by atoms with Gasteiger partial charge in [0.1, 0.15) is 5.75 Å². The van der Waals surface area contributed by atoms with Gasteiger partial charge < -0.3 is 10.1 Å². The molecule has 168 valence electrons. The number of halogens is 2. The Bertz CT molecular complexity index is 1150. The first-order chi connectivity index (χ1) is 15.3. The number of ether oxygens (including phenoxy) is 1. The van der Waals surface area contributed by atoms with Crippen molar-refractivity contribution in [2.45, 2.75) is 50.0 Å². The third-order valence-corrected chi connectivity index (χ3v) is 7.41. The largest absolute Gasteiger partial charge is 0.435 e. The minimum absolute atomic E-state index is 0.0233. The minimum Gasteiger partial charge on any atom is -0.435 e. The van der Waals surface area contributed by atoms with Crippen molar-refractivity contribution < 1.29 is 21.9 Å². The molecule has 2 aromatic rings. The summed E-state index contributed by atoms with van der Waals surface area (Å²) in [6.07, 6.45) is 6.08. The highest BCUT2D eigenvalue weighted by atomic mass is 32.2. The first-order valence-corrected chi connectivity index (χ1v) is 12.0. The molecule has 2 aromatic carbocycles. The molecule has 4 rings (SSSR count). The van der Waals surface area contributed by atoms with Crippen LogP contribution in [0.5, 0.6) is 5.75 Å². The Hall–Kier alpha value is -3.12. The summed E-state index contributed by atoms with van der Waals surface area (Å²) < 4.78 is 56.5. The van der Waals surface area contributed by atoms with Crippen LogP contribution in [0, 0.1) is 11.3 Å². The van der Waals surface area contributed by atoms with E-state index in [1.54, 1.807) is 36.4 Å². The highest BCUT2D eigenvalue weighted by Gasteiger charge is 2.35. The molecule has 0 heterocycles. The third kappa shape index (κ3) is 5.37. The van der Waals surface area contributed by atoms with Crippen molar-refractivity contribution in [2.24, 2.45) is 0 Å². The number of allylic oxidation sites excluding steroid dienone is 1. The summed E-state index contributed by atoms with van der Waals surface area (Å²) >= 11 is 0. The topological polar surface area (TPSA) is 91.2 Å². The Morgan fingerprint density at radius 3 is 2.41 bits per heavy atom. The number of benzene rings is 2. The average Bonchev–Trinajstić information content (AvgIpc) is 3.56. The smallest absolute Gasteiger partial charge is 0.387 e. The van der Waals surface area contributed by atoms with Crippen LogP contribution in [0.25, 0.3) is 11.6 Å². The van der Waals surface area contributed by atoms with Gasteiger partial charge in [0.2, 0.25) is 10.0 Å². The first kappa shape index (κ1) is 22.1. The zero-order valence-corrected chi connectivity index (χ0v) is 18.0. The second-order valence-corrected chi connectivity index (χ2v) is 9.96. The molecule has 2 saturated carbocycles. The van der Waals surface area contributed by atoms with Crippen molar-refractivity contribution in [3.63, 3.8) is 0 Å². The van der Waals surface area contributed by atoms with E-state index in [4.69, 9.17) is 0 Å². The van der Waals surface area contributed by atoms with Gasteiger partial charge in [-0.2, -0.15) is 14.0 Å². The molecule has 2 aliphatic rings. The summed E-state index contributed by atoms with van der Waals surface area (Å²) in [7, 11) is -3.34. The molecule has 2 aliphatic carbocycles. The van der Waals surface area contributed by atoms with Crippen LogP contribution in [0.15, 0.2) is 42.5 Å². The fraction of sp³-hybridized carbons (Fsp3) is 0.348.